The van der Waals surface area contributed by atoms with Crippen molar-refractivity contribution in [1.82, 2.24) is 0 Å². The highest BCUT2D eigenvalue weighted by atomic mass is 16.5. The molecule has 1 heterocycles. The van der Waals surface area contributed by atoms with Crippen LogP contribution in [0.4, 0.5) is 0 Å². The molecule has 1 aliphatic carbocycles. The van der Waals surface area contributed by atoms with Crippen molar-refractivity contribution < 1.29 is 9.84 Å². The maximum Gasteiger partial charge on any atom is 0.0724 e. The molecule has 0 aromatic rings. The monoisotopic (exact) mass is 226 g/mol. The van der Waals surface area contributed by atoms with Crippen molar-refractivity contribution in [3.05, 3.63) is 0 Å². The van der Waals surface area contributed by atoms with Crippen LogP contribution in [0.2, 0.25) is 0 Å². The predicted octanol–water partition coefficient (Wildman–Crippen LogP) is 3.28. The summed E-state index contributed by atoms with van der Waals surface area (Å²) in [5.41, 5.74) is -0.592. The van der Waals surface area contributed by atoms with Gasteiger partial charge in [0.25, 0.3) is 0 Å². The molecule has 1 aliphatic heterocycles. The van der Waals surface area contributed by atoms with Crippen molar-refractivity contribution in [3.63, 3.8) is 0 Å². The van der Waals surface area contributed by atoms with E-state index in [0.717, 1.165) is 19.4 Å². The van der Waals surface area contributed by atoms with Crippen molar-refractivity contribution >= 4 is 0 Å². The zero-order chi connectivity index (χ0) is 11.6. The predicted molar refractivity (Wildman–Crippen MR) is 65.4 cm³/mol. The lowest BCUT2D eigenvalue weighted by molar-refractivity contribution is -0.167. The molecule has 2 rings (SSSR count). The van der Waals surface area contributed by atoms with Gasteiger partial charge in [-0.15, -0.1) is 0 Å². The zero-order valence-electron chi connectivity index (χ0n) is 10.8. The summed E-state index contributed by atoms with van der Waals surface area (Å²) in [4.78, 5) is 0. The van der Waals surface area contributed by atoms with Crippen molar-refractivity contribution in [1.29, 1.82) is 0 Å². The highest BCUT2D eigenvalue weighted by molar-refractivity contribution is 4.95. The summed E-state index contributed by atoms with van der Waals surface area (Å²) >= 11 is 0. The van der Waals surface area contributed by atoms with Crippen molar-refractivity contribution in [2.75, 3.05) is 6.61 Å². The van der Waals surface area contributed by atoms with E-state index in [2.05, 4.69) is 13.8 Å². The van der Waals surface area contributed by atoms with Crippen LogP contribution in [0.3, 0.4) is 0 Å². The summed E-state index contributed by atoms with van der Waals surface area (Å²) in [5.74, 6) is 0.512. The Hall–Kier alpha value is -0.0800. The molecule has 2 nitrogen and oxygen atoms in total. The molecule has 1 saturated carbocycles. The second-order valence-corrected chi connectivity index (χ2v) is 6.33. The van der Waals surface area contributed by atoms with Gasteiger partial charge < -0.3 is 9.84 Å². The summed E-state index contributed by atoms with van der Waals surface area (Å²) in [6.07, 6.45) is 9.38. The Morgan fingerprint density at radius 1 is 1.06 bits per heavy atom. The van der Waals surface area contributed by atoms with Crippen LogP contribution >= 0.6 is 0 Å². The molecular weight excluding hydrogens is 200 g/mol. The molecule has 16 heavy (non-hydrogen) atoms. The smallest absolute Gasteiger partial charge is 0.0724 e. The lowest BCUT2D eigenvalue weighted by Crippen LogP contribution is -2.50. The molecule has 0 spiro atoms. The highest BCUT2D eigenvalue weighted by Crippen LogP contribution is 2.42. The highest BCUT2D eigenvalue weighted by Gasteiger charge is 2.44. The molecule has 1 unspecified atom stereocenters. The molecule has 1 saturated heterocycles. The second-order valence-electron chi connectivity index (χ2n) is 6.33. The summed E-state index contributed by atoms with van der Waals surface area (Å²) in [7, 11) is 0. The average Bonchev–Trinajstić information content (AvgIpc) is 2.43. The summed E-state index contributed by atoms with van der Waals surface area (Å²) in [6.45, 7) is 4.93. The van der Waals surface area contributed by atoms with Gasteiger partial charge in [0.15, 0.2) is 0 Å². The van der Waals surface area contributed by atoms with Crippen LogP contribution in [-0.2, 0) is 4.74 Å². The topological polar surface area (TPSA) is 29.5 Å². The summed E-state index contributed by atoms with van der Waals surface area (Å²) < 4.78 is 5.72. The van der Waals surface area contributed by atoms with Crippen LogP contribution in [0, 0.1) is 5.92 Å². The van der Waals surface area contributed by atoms with Crippen LogP contribution in [-0.4, -0.2) is 22.9 Å². The second kappa shape index (κ2) is 4.66. The molecule has 2 aliphatic rings. The normalized spacial score (nSPS) is 36.9. The molecule has 0 aromatic carbocycles. The minimum atomic E-state index is -0.452. The molecule has 0 bridgehead atoms. The zero-order valence-corrected chi connectivity index (χ0v) is 10.8. The average molecular weight is 226 g/mol. The van der Waals surface area contributed by atoms with E-state index in [4.69, 9.17) is 4.74 Å². The third-order valence-electron chi connectivity index (χ3n) is 4.37. The van der Waals surface area contributed by atoms with Gasteiger partial charge in [0.1, 0.15) is 0 Å². The van der Waals surface area contributed by atoms with Gasteiger partial charge in [-0.3, -0.25) is 0 Å². The van der Waals surface area contributed by atoms with Crippen molar-refractivity contribution in [2.24, 2.45) is 5.92 Å². The molecule has 94 valence electrons. The first-order valence-corrected chi connectivity index (χ1v) is 6.88. The first-order chi connectivity index (χ1) is 7.52. The van der Waals surface area contributed by atoms with Crippen molar-refractivity contribution in [3.8, 4) is 0 Å². The Balaban J connectivity index is 2.04. The van der Waals surface area contributed by atoms with E-state index in [0.29, 0.717) is 5.92 Å². The maximum atomic E-state index is 10.9. The number of ether oxygens (including phenoxy) is 1. The standard InChI is InChI=1S/C14H26O2/c1-13(2)11-14(15,9-10-16-13)12-7-5-3-4-6-8-12/h12,15H,3-11H2,1-2H3. The van der Waals surface area contributed by atoms with E-state index in [-0.39, 0.29) is 5.60 Å². The SMILES string of the molecule is CC1(C)CC(O)(C2CCCCCC2)CCO1. The van der Waals surface area contributed by atoms with Gasteiger partial charge >= 0.3 is 0 Å². The Labute approximate surface area is 99.4 Å². The van der Waals surface area contributed by atoms with Gasteiger partial charge in [-0.1, -0.05) is 25.7 Å². The Bertz CT molecular complexity index is 229. The number of hydrogen-bond donors (Lipinski definition) is 1. The van der Waals surface area contributed by atoms with E-state index in [1.54, 1.807) is 0 Å². The minimum absolute atomic E-state index is 0.140. The van der Waals surface area contributed by atoms with Crippen LogP contribution in [0.25, 0.3) is 0 Å². The molecule has 0 aromatic heterocycles. The van der Waals surface area contributed by atoms with Gasteiger partial charge in [-0.2, -0.15) is 0 Å². The van der Waals surface area contributed by atoms with E-state index in [1.165, 1.54) is 38.5 Å². The van der Waals surface area contributed by atoms with Crippen LogP contribution in [0.15, 0.2) is 0 Å². The first-order valence-electron chi connectivity index (χ1n) is 6.88. The first kappa shape index (κ1) is 12.4. The fourth-order valence-electron chi connectivity index (χ4n) is 3.55. The number of aliphatic hydroxyl groups is 1. The van der Waals surface area contributed by atoms with E-state index >= 15 is 0 Å². The van der Waals surface area contributed by atoms with Gasteiger partial charge in [-0.25, -0.2) is 0 Å². The molecule has 2 heteroatoms. The van der Waals surface area contributed by atoms with Crippen LogP contribution < -0.4 is 0 Å². The molecule has 0 amide bonds. The fraction of sp³-hybridized carbons (Fsp3) is 1.00. The molecule has 1 N–H and O–H groups in total. The lowest BCUT2D eigenvalue weighted by Gasteiger charge is -2.45. The quantitative estimate of drug-likeness (QED) is 0.695. The molecule has 2 fully saturated rings. The molecular formula is C14H26O2. The van der Waals surface area contributed by atoms with Gasteiger partial charge in [-0.05, 0) is 39.0 Å². The maximum absolute atomic E-state index is 10.9. The largest absolute Gasteiger partial charge is 0.389 e. The fourth-order valence-corrected chi connectivity index (χ4v) is 3.55. The molecule has 0 radical (unpaired) electrons. The number of rotatable bonds is 1. The Kier molecular flexibility index (Phi) is 3.60. The minimum Gasteiger partial charge on any atom is -0.389 e. The van der Waals surface area contributed by atoms with Crippen LogP contribution in [0.5, 0.6) is 0 Å². The van der Waals surface area contributed by atoms with Gasteiger partial charge in [0, 0.05) is 6.42 Å². The van der Waals surface area contributed by atoms with E-state index in [1.807, 2.05) is 0 Å². The summed E-state index contributed by atoms with van der Waals surface area (Å²) in [6, 6.07) is 0. The lowest BCUT2D eigenvalue weighted by atomic mass is 9.72. The van der Waals surface area contributed by atoms with Gasteiger partial charge in [0.05, 0.1) is 17.8 Å². The van der Waals surface area contributed by atoms with Gasteiger partial charge in [0.2, 0.25) is 0 Å². The number of hydrogen-bond acceptors (Lipinski definition) is 2. The Morgan fingerprint density at radius 3 is 2.25 bits per heavy atom. The third kappa shape index (κ3) is 2.78. The molecule has 1 atom stereocenters. The van der Waals surface area contributed by atoms with Crippen molar-refractivity contribution in [2.45, 2.75) is 76.4 Å². The van der Waals surface area contributed by atoms with E-state index in [9.17, 15) is 5.11 Å². The van der Waals surface area contributed by atoms with E-state index < -0.39 is 5.60 Å². The summed E-state index contributed by atoms with van der Waals surface area (Å²) in [5, 5.41) is 10.9. The van der Waals surface area contributed by atoms with Crippen LogP contribution in [0.1, 0.15) is 65.2 Å². The Morgan fingerprint density at radius 2 is 1.69 bits per heavy atom. The third-order valence-corrected chi connectivity index (χ3v) is 4.37.